The lowest BCUT2D eigenvalue weighted by Gasteiger charge is -2.10. The first-order valence-electron chi connectivity index (χ1n) is 5.79. The molecule has 0 aliphatic heterocycles. The van der Waals surface area contributed by atoms with Gasteiger partial charge in [0.05, 0.1) is 5.56 Å². The number of hydrogen-bond donors (Lipinski definition) is 1. The van der Waals surface area contributed by atoms with E-state index in [9.17, 15) is 14.7 Å². The molecule has 2 aromatic rings. The number of carboxylic acid groups (broad SMARTS) is 1. The minimum atomic E-state index is -1.05. The van der Waals surface area contributed by atoms with Crippen LogP contribution in [0.15, 0.2) is 52.3 Å². The summed E-state index contributed by atoms with van der Waals surface area (Å²) in [7, 11) is 0. The summed E-state index contributed by atoms with van der Waals surface area (Å²) in [6.07, 6.45) is 0. The Morgan fingerprint density at radius 2 is 1.65 bits per heavy atom. The third kappa shape index (κ3) is 3.21. The van der Waals surface area contributed by atoms with E-state index in [0.29, 0.717) is 15.5 Å². The molecule has 0 bridgehead atoms. The lowest BCUT2D eigenvalue weighted by molar-refractivity contribution is 0.0693. The van der Waals surface area contributed by atoms with Crippen LogP contribution in [0.5, 0.6) is 0 Å². The van der Waals surface area contributed by atoms with Crippen molar-refractivity contribution in [3.05, 3.63) is 58.6 Å². The van der Waals surface area contributed by atoms with E-state index in [-0.39, 0.29) is 11.3 Å². The Bertz CT molecular complexity index is 633. The molecule has 1 N–H and O–H groups in total. The number of carboxylic acids is 1. The van der Waals surface area contributed by atoms with E-state index in [0.717, 1.165) is 4.90 Å². The molecule has 102 valence electrons. The average Bonchev–Trinajstić information content (AvgIpc) is 2.41. The van der Waals surface area contributed by atoms with E-state index < -0.39 is 5.97 Å². The maximum atomic E-state index is 11.7. The van der Waals surface area contributed by atoms with Gasteiger partial charge in [0.1, 0.15) is 0 Å². The summed E-state index contributed by atoms with van der Waals surface area (Å²) >= 11 is 7.07. The Labute approximate surface area is 125 Å². The Morgan fingerprint density at radius 1 is 1.05 bits per heavy atom. The van der Waals surface area contributed by atoms with Crippen LogP contribution in [0.3, 0.4) is 0 Å². The molecule has 3 nitrogen and oxygen atoms in total. The zero-order valence-corrected chi connectivity index (χ0v) is 12.2. The number of rotatable bonds is 4. The van der Waals surface area contributed by atoms with Crippen LogP contribution in [0.4, 0.5) is 0 Å². The number of hydrogen-bond acceptors (Lipinski definition) is 3. The predicted molar refractivity (Wildman–Crippen MR) is 79.0 cm³/mol. The Kier molecular flexibility index (Phi) is 4.47. The molecule has 20 heavy (non-hydrogen) atoms. The number of benzene rings is 2. The first kappa shape index (κ1) is 14.6. The fourth-order valence-corrected chi connectivity index (χ4v) is 2.93. The SMILES string of the molecule is CC(=O)c1cccc(C(=O)O)c1Sc1ccc(Cl)cc1. The van der Waals surface area contributed by atoms with E-state index in [4.69, 9.17) is 11.6 Å². The van der Waals surface area contributed by atoms with Gasteiger partial charge in [-0.3, -0.25) is 4.79 Å². The maximum absolute atomic E-state index is 11.7. The third-order valence-corrected chi connectivity index (χ3v) is 4.06. The van der Waals surface area contributed by atoms with Crippen LogP contribution in [0.25, 0.3) is 0 Å². The van der Waals surface area contributed by atoms with Gasteiger partial charge >= 0.3 is 5.97 Å². The topological polar surface area (TPSA) is 54.4 Å². The van der Waals surface area contributed by atoms with E-state index >= 15 is 0 Å². The standard InChI is InChI=1S/C15H11ClO3S/c1-9(17)12-3-2-4-13(15(18)19)14(12)20-11-7-5-10(16)6-8-11/h2-8H,1H3,(H,18,19). The highest BCUT2D eigenvalue weighted by molar-refractivity contribution is 7.99. The smallest absolute Gasteiger partial charge is 0.336 e. The molecule has 0 heterocycles. The summed E-state index contributed by atoms with van der Waals surface area (Å²) in [5.41, 5.74) is 0.530. The molecule has 0 aromatic heterocycles. The van der Waals surface area contributed by atoms with Crippen LogP contribution in [0.1, 0.15) is 27.6 Å². The van der Waals surface area contributed by atoms with E-state index in [1.54, 1.807) is 36.4 Å². The second-order valence-corrected chi connectivity index (χ2v) is 5.62. The van der Waals surface area contributed by atoms with Crippen molar-refractivity contribution >= 4 is 35.1 Å². The molecule has 2 aromatic carbocycles. The average molecular weight is 307 g/mol. The summed E-state index contributed by atoms with van der Waals surface area (Å²) in [5.74, 6) is -1.21. The molecule has 0 atom stereocenters. The van der Waals surface area contributed by atoms with Crippen molar-refractivity contribution in [1.29, 1.82) is 0 Å². The van der Waals surface area contributed by atoms with Gasteiger partial charge in [0.25, 0.3) is 0 Å². The van der Waals surface area contributed by atoms with Crippen LogP contribution in [0, 0.1) is 0 Å². The Hall–Kier alpha value is -1.78. The third-order valence-electron chi connectivity index (χ3n) is 2.66. The van der Waals surface area contributed by atoms with Gasteiger partial charge in [-0.15, -0.1) is 0 Å². The first-order chi connectivity index (χ1) is 9.49. The number of carbonyl (C=O) groups excluding carboxylic acids is 1. The first-order valence-corrected chi connectivity index (χ1v) is 6.99. The number of aromatic carboxylic acids is 1. The minimum Gasteiger partial charge on any atom is -0.478 e. The molecule has 0 aliphatic carbocycles. The van der Waals surface area contributed by atoms with Crippen LogP contribution in [-0.2, 0) is 0 Å². The van der Waals surface area contributed by atoms with Crippen LogP contribution < -0.4 is 0 Å². The molecule has 5 heteroatoms. The van der Waals surface area contributed by atoms with Crippen molar-refractivity contribution in [2.45, 2.75) is 16.7 Å². The van der Waals surface area contributed by atoms with Gasteiger partial charge in [-0.2, -0.15) is 0 Å². The minimum absolute atomic E-state index is 0.123. The second-order valence-electron chi connectivity index (χ2n) is 4.10. The quantitative estimate of drug-likeness (QED) is 0.851. The number of Topliss-reactive ketones (excluding diaryl/α,β-unsaturated/α-hetero) is 1. The fraction of sp³-hybridized carbons (Fsp3) is 0.0667. The maximum Gasteiger partial charge on any atom is 0.336 e. The highest BCUT2D eigenvalue weighted by atomic mass is 35.5. The summed E-state index contributed by atoms with van der Waals surface area (Å²) in [6.45, 7) is 1.42. The molecule has 0 radical (unpaired) electrons. The van der Waals surface area contributed by atoms with Crippen molar-refractivity contribution in [1.82, 2.24) is 0 Å². The lowest BCUT2D eigenvalue weighted by atomic mass is 10.1. The molecule has 0 unspecified atom stereocenters. The Morgan fingerprint density at radius 3 is 2.20 bits per heavy atom. The van der Waals surface area contributed by atoms with Crippen molar-refractivity contribution in [2.24, 2.45) is 0 Å². The molecular formula is C15H11ClO3S. The largest absolute Gasteiger partial charge is 0.478 e. The summed E-state index contributed by atoms with van der Waals surface area (Å²) in [4.78, 5) is 24.2. The van der Waals surface area contributed by atoms with Crippen molar-refractivity contribution in [3.8, 4) is 0 Å². The van der Waals surface area contributed by atoms with Gasteiger partial charge < -0.3 is 5.11 Å². The molecule has 0 saturated heterocycles. The fourth-order valence-electron chi connectivity index (χ4n) is 1.71. The van der Waals surface area contributed by atoms with Gasteiger partial charge in [-0.05, 0) is 37.3 Å². The number of carbonyl (C=O) groups is 2. The van der Waals surface area contributed by atoms with Crippen LogP contribution >= 0.6 is 23.4 Å². The normalized spacial score (nSPS) is 10.3. The van der Waals surface area contributed by atoms with Crippen molar-refractivity contribution < 1.29 is 14.7 Å². The number of halogens is 1. The molecular weight excluding hydrogens is 296 g/mol. The highest BCUT2D eigenvalue weighted by Crippen LogP contribution is 2.34. The number of ketones is 1. The van der Waals surface area contributed by atoms with Gasteiger partial charge in [0, 0.05) is 20.4 Å². The molecule has 0 amide bonds. The summed E-state index contributed by atoms with van der Waals surface area (Å²) in [6, 6.07) is 11.7. The van der Waals surface area contributed by atoms with Crippen LogP contribution in [-0.4, -0.2) is 16.9 Å². The molecule has 0 spiro atoms. The molecule has 0 fully saturated rings. The van der Waals surface area contributed by atoms with Gasteiger partial charge in [0.2, 0.25) is 0 Å². The molecule has 0 aliphatic rings. The highest BCUT2D eigenvalue weighted by Gasteiger charge is 2.17. The van der Waals surface area contributed by atoms with Crippen molar-refractivity contribution in [3.63, 3.8) is 0 Å². The predicted octanol–water partition coefficient (Wildman–Crippen LogP) is 4.39. The zero-order valence-electron chi connectivity index (χ0n) is 10.6. The van der Waals surface area contributed by atoms with Crippen LogP contribution in [0.2, 0.25) is 5.02 Å². The molecule has 2 rings (SSSR count). The van der Waals surface area contributed by atoms with E-state index in [1.807, 2.05) is 0 Å². The molecule has 0 saturated carbocycles. The van der Waals surface area contributed by atoms with E-state index in [1.165, 1.54) is 24.8 Å². The van der Waals surface area contributed by atoms with E-state index in [2.05, 4.69) is 0 Å². The monoisotopic (exact) mass is 306 g/mol. The second kappa shape index (κ2) is 6.11. The summed E-state index contributed by atoms with van der Waals surface area (Å²) in [5, 5.41) is 9.85. The summed E-state index contributed by atoms with van der Waals surface area (Å²) < 4.78 is 0. The van der Waals surface area contributed by atoms with Gasteiger partial charge in [-0.25, -0.2) is 4.79 Å². The Balaban J connectivity index is 2.50. The lowest BCUT2D eigenvalue weighted by Crippen LogP contribution is -2.04. The van der Waals surface area contributed by atoms with Crippen molar-refractivity contribution in [2.75, 3.05) is 0 Å². The zero-order chi connectivity index (χ0) is 14.7. The van der Waals surface area contributed by atoms with Gasteiger partial charge in [0.15, 0.2) is 5.78 Å². The van der Waals surface area contributed by atoms with Gasteiger partial charge in [-0.1, -0.05) is 35.5 Å².